The summed E-state index contributed by atoms with van der Waals surface area (Å²) >= 11 is 0. The summed E-state index contributed by atoms with van der Waals surface area (Å²) in [4.78, 5) is 0. The number of rotatable bonds is 6. The van der Waals surface area contributed by atoms with Crippen molar-refractivity contribution in [1.29, 1.82) is 0 Å². The van der Waals surface area contributed by atoms with Crippen LogP contribution in [-0.4, -0.2) is 13.7 Å². The van der Waals surface area contributed by atoms with Crippen LogP contribution in [0.5, 0.6) is 0 Å². The van der Waals surface area contributed by atoms with E-state index in [1.165, 1.54) is 114 Å². The zero-order chi connectivity index (χ0) is 39.3. The average molecular weight is 766 g/mol. The first-order valence-corrected chi connectivity index (χ1v) is 21.0. The molecule has 282 valence electrons. The largest absolute Gasteiger partial charge is 0.335 e. The Morgan fingerprint density at radius 2 is 0.483 bits per heavy atom. The van der Waals surface area contributed by atoms with Crippen molar-refractivity contribution in [2.75, 3.05) is 0 Å². The van der Waals surface area contributed by atoms with Gasteiger partial charge in [-0.25, -0.2) is 0 Å². The van der Waals surface area contributed by atoms with Crippen molar-refractivity contribution in [3.63, 3.8) is 0 Å². The van der Waals surface area contributed by atoms with E-state index in [1.807, 2.05) is 0 Å². The molecule has 0 N–H and O–H groups in total. The van der Waals surface area contributed by atoms with E-state index >= 15 is 0 Å². The molecule has 13 rings (SSSR count). The van der Waals surface area contributed by atoms with Crippen LogP contribution in [0.15, 0.2) is 200 Å². The van der Waals surface area contributed by atoms with Gasteiger partial charge in [-0.3, -0.25) is 0 Å². The Morgan fingerprint density at radius 1 is 0.233 bits per heavy atom. The summed E-state index contributed by atoms with van der Waals surface area (Å²) in [5.74, 6) is 0. The average Bonchev–Trinajstić information content (AvgIpc) is 3.92. The number of benzene rings is 10. The van der Waals surface area contributed by atoms with Crippen LogP contribution in [-0.2, 0) is 19.6 Å². The molecule has 13 aromatic rings. The third-order valence-corrected chi connectivity index (χ3v) is 13.2. The maximum absolute atomic E-state index is 2.64. The quantitative estimate of drug-likeness (QED) is 0.160. The molecule has 0 aliphatic rings. The van der Waals surface area contributed by atoms with E-state index in [9.17, 15) is 0 Å². The second-order valence-electron chi connectivity index (χ2n) is 16.4. The summed E-state index contributed by atoms with van der Waals surface area (Å²) in [7, 11) is 0. The standard InChI is InChI=1S/C57H39N3/c1-4-25-43-37(16-1)19-13-22-40(43)34-58-49-31-10-7-28-46(49)52-55(58)53-47-29-8-11-32-50(47)59(35-41-23-14-20-38-17-2-5-26-44(38)41)57(53)54-48-30-9-12-33-51(48)60(56(52)54)36-42-24-15-21-39-18-3-6-27-45(39)42/h1-33H,34-36H2. The Hall–Kier alpha value is -7.62. The van der Waals surface area contributed by atoms with E-state index in [1.54, 1.807) is 0 Å². The molecule has 0 amide bonds. The van der Waals surface area contributed by atoms with Gasteiger partial charge in [-0.1, -0.05) is 182 Å². The van der Waals surface area contributed by atoms with E-state index in [-0.39, 0.29) is 0 Å². The van der Waals surface area contributed by atoms with Crippen molar-refractivity contribution < 1.29 is 0 Å². The van der Waals surface area contributed by atoms with Gasteiger partial charge in [-0.2, -0.15) is 0 Å². The third kappa shape index (κ3) is 4.78. The molecular formula is C57H39N3. The monoisotopic (exact) mass is 765 g/mol. The summed E-state index contributed by atoms with van der Waals surface area (Å²) < 4.78 is 7.93. The van der Waals surface area contributed by atoms with Gasteiger partial charge in [-0.05, 0) is 67.2 Å². The second-order valence-corrected chi connectivity index (χ2v) is 16.4. The lowest BCUT2D eigenvalue weighted by molar-refractivity contribution is 0.869. The maximum atomic E-state index is 2.64. The van der Waals surface area contributed by atoms with Crippen molar-refractivity contribution in [2.45, 2.75) is 19.6 Å². The highest BCUT2D eigenvalue weighted by atomic mass is 15.0. The van der Waals surface area contributed by atoms with Crippen LogP contribution in [0.4, 0.5) is 0 Å². The normalized spacial score (nSPS) is 12.2. The highest BCUT2D eigenvalue weighted by Crippen LogP contribution is 2.49. The molecule has 0 fully saturated rings. The Kier molecular flexibility index (Phi) is 7.20. The minimum atomic E-state index is 0.748. The lowest BCUT2D eigenvalue weighted by Crippen LogP contribution is -2.03. The summed E-state index contributed by atoms with van der Waals surface area (Å²) in [5.41, 5.74) is 11.6. The van der Waals surface area contributed by atoms with Crippen molar-refractivity contribution in [2.24, 2.45) is 0 Å². The molecular weight excluding hydrogens is 727 g/mol. The van der Waals surface area contributed by atoms with Gasteiger partial charge in [-0.15, -0.1) is 0 Å². The topological polar surface area (TPSA) is 14.8 Å². The Morgan fingerprint density at radius 3 is 0.800 bits per heavy atom. The molecule has 60 heavy (non-hydrogen) atoms. The van der Waals surface area contributed by atoms with Gasteiger partial charge in [0, 0.05) is 68.5 Å². The molecule has 3 heteroatoms. The van der Waals surface area contributed by atoms with Crippen LogP contribution in [0.2, 0.25) is 0 Å². The van der Waals surface area contributed by atoms with Crippen molar-refractivity contribution in [3.8, 4) is 0 Å². The lowest BCUT2D eigenvalue weighted by atomic mass is 10.0. The van der Waals surface area contributed by atoms with Gasteiger partial charge < -0.3 is 13.7 Å². The SMILES string of the molecule is c1ccc2c(Cn3c4ccccc4c4c3c3c5ccccc5n(Cc5cccc6ccccc56)c3c3c5ccccc5n(Cc5cccc6ccccc56)c43)cccc2c1. The molecule has 0 atom stereocenters. The molecule has 10 aromatic carbocycles. The van der Waals surface area contributed by atoms with Crippen LogP contribution in [0.3, 0.4) is 0 Å². The van der Waals surface area contributed by atoms with E-state index in [4.69, 9.17) is 0 Å². The Bertz CT molecular complexity index is 3420. The highest BCUT2D eigenvalue weighted by Gasteiger charge is 2.28. The van der Waals surface area contributed by atoms with Gasteiger partial charge in [0.1, 0.15) is 0 Å². The predicted molar refractivity (Wildman–Crippen MR) is 255 cm³/mol. The van der Waals surface area contributed by atoms with Crippen LogP contribution in [0.1, 0.15) is 16.7 Å². The predicted octanol–water partition coefficient (Wildman–Crippen LogP) is 14.6. The fourth-order valence-electron chi connectivity index (χ4n) is 10.7. The molecule has 0 saturated carbocycles. The number of para-hydroxylation sites is 3. The second kappa shape index (κ2) is 12.9. The smallest absolute Gasteiger partial charge is 0.0617 e. The first kappa shape index (κ1) is 33.4. The maximum Gasteiger partial charge on any atom is 0.0617 e. The molecule has 0 aliphatic heterocycles. The minimum Gasteiger partial charge on any atom is -0.335 e. The fraction of sp³-hybridized carbons (Fsp3) is 0.0526. The molecule has 0 saturated heterocycles. The molecule has 3 nitrogen and oxygen atoms in total. The number of hydrogen-bond donors (Lipinski definition) is 0. The van der Waals surface area contributed by atoms with E-state index < -0.39 is 0 Å². The molecule has 3 heterocycles. The fourth-order valence-corrected chi connectivity index (χ4v) is 10.7. The Balaban J connectivity index is 1.24. The minimum absolute atomic E-state index is 0.748. The Labute approximate surface area is 346 Å². The van der Waals surface area contributed by atoms with Gasteiger partial charge in [0.05, 0.1) is 16.6 Å². The van der Waals surface area contributed by atoms with Gasteiger partial charge in [0.15, 0.2) is 0 Å². The van der Waals surface area contributed by atoms with Gasteiger partial charge in [0.25, 0.3) is 0 Å². The number of nitrogens with zero attached hydrogens (tertiary/aromatic N) is 3. The van der Waals surface area contributed by atoms with Crippen molar-refractivity contribution in [3.05, 3.63) is 217 Å². The molecule has 0 aliphatic carbocycles. The summed E-state index contributed by atoms with van der Waals surface area (Å²) in [6.45, 7) is 2.25. The van der Waals surface area contributed by atoms with Gasteiger partial charge in [0.2, 0.25) is 0 Å². The van der Waals surface area contributed by atoms with Crippen LogP contribution >= 0.6 is 0 Å². The van der Waals surface area contributed by atoms with Crippen LogP contribution in [0, 0.1) is 0 Å². The highest BCUT2D eigenvalue weighted by molar-refractivity contribution is 6.39. The van der Waals surface area contributed by atoms with Crippen LogP contribution in [0.25, 0.3) is 97.7 Å². The van der Waals surface area contributed by atoms with E-state index in [2.05, 4.69) is 214 Å². The molecule has 0 unspecified atom stereocenters. The van der Waals surface area contributed by atoms with E-state index in [0.717, 1.165) is 19.6 Å². The molecule has 0 bridgehead atoms. The molecule has 0 spiro atoms. The van der Waals surface area contributed by atoms with Crippen molar-refractivity contribution >= 4 is 97.7 Å². The summed E-state index contributed by atoms with van der Waals surface area (Å²) in [6.07, 6.45) is 0. The lowest BCUT2D eigenvalue weighted by Gasteiger charge is -2.15. The number of hydrogen-bond acceptors (Lipinski definition) is 0. The molecule has 0 radical (unpaired) electrons. The van der Waals surface area contributed by atoms with Crippen molar-refractivity contribution in [1.82, 2.24) is 13.7 Å². The third-order valence-electron chi connectivity index (χ3n) is 13.2. The van der Waals surface area contributed by atoms with Gasteiger partial charge >= 0.3 is 0 Å². The summed E-state index contributed by atoms with van der Waals surface area (Å²) in [5, 5.41) is 15.5. The van der Waals surface area contributed by atoms with E-state index in [0.29, 0.717) is 0 Å². The zero-order valence-corrected chi connectivity index (χ0v) is 33.0. The summed E-state index contributed by atoms with van der Waals surface area (Å²) in [6, 6.07) is 74.2. The van der Waals surface area contributed by atoms with Crippen LogP contribution < -0.4 is 0 Å². The number of fused-ring (bicyclic) bond motifs is 15. The first-order chi connectivity index (χ1) is 29.8. The number of aromatic nitrogens is 3. The zero-order valence-electron chi connectivity index (χ0n) is 33.0. The first-order valence-electron chi connectivity index (χ1n) is 21.0. The molecule has 3 aromatic heterocycles.